The van der Waals surface area contributed by atoms with Gasteiger partial charge in [0.2, 0.25) is 5.91 Å². The molecule has 0 unspecified atom stereocenters. The first-order valence-corrected chi connectivity index (χ1v) is 9.43. The lowest BCUT2D eigenvalue weighted by atomic mass is 10.2. The molecule has 3 aromatic rings. The molecule has 0 saturated heterocycles. The number of nitrogens with one attached hydrogen (secondary N) is 3. The van der Waals surface area contributed by atoms with Crippen LogP contribution in [-0.4, -0.2) is 24.0 Å². The van der Waals surface area contributed by atoms with Crippen LogP contribution in [0.4, 0.5) is 21.3 Å². The molecule has 0 aliphatic rings. The second-order valence-electron chi connectivity index (χ2n) is 6.04. The number of hydrogen-bond acceptors (Lipinski definition) is 5. The number of methoxy groups -OCH3 is 1. The first-order chi connectivity index (χ1) is 13.5. The van der Waals surface area contributed by atoms with Crippen LogP contribution in [0.2, 0.25) is 0 Å². The molecule has 0 fully saturated rings. The Kier molecular flexibility index (Phi) is 6.23. The summed E-state index contributed by atoms with van der Waals surface area (Å²) < 4.78 is 5.09. The smallest absolute Gasteiger partial charge is 0.325 e. The Balaban J connectivity index is 1.50. The van der Waals surface area contributed by atoms with Gasteiger partial charge in [-0.05, 0) is 43.3 Å². The van der Waals surface area contributed by atoms with Crippen LogP contribution >= 0.6 is 11.3 Å². The third-order valence-electron chi connectivity index (χ3n) is 3.80. The number of carbonyl (C=O) groups is 2. The fourth-order valence-electron chi connectivity index (χ4n) is 2.39. The monoisotopic (exact) mass is 396 g/mol. The SMILES string of the molecule is COc1ccc(NC(=O)Cc2csc(NC(=O)Nc3ccc(C)cc3)n2)cc1. The van der Waals surface area contributed by atoms with Crippen molar-refractivity contribution in [1.29, 1.82) is 0 Å². The number of aryl methyl sites for hydroxylation is 1. The summed E-state index contributed by atoms with van der Waals surface area (Å²) in [6.07, 6.45) is 0.115. The molecule has 0 saturated carbocycles. The Morgan fingerprint density at radius 1 is 0.964 bits per heavy atom. The van der Waals surface area contributed by atoms with E-state index in [1.807, 2.05) is 31.2 Å². The number of anilines is 3. The van der Waals surface area contributed by atoms with Crippen molar-refractivity contribution in [2.75, 3.05) is 23.1 Å². The molecular weight excluding hydrogens is 376 g/mol. The zero-order chi connectivity index (χ0) is 19.9. The maximum Gasteiger partial charge on any atom is 0.325 e. The van der Waals surface area contributed by atoms with E-state index in [1.165, 1.54) is 11.3 Å². The van der Waals surface area contributed by atoms with Crippen LogP contribution in [0.1, 0.15) is 11.3 Å². The summed E-state index contributed by atoms with van der Waals surface area (Å²) in [6.45, 7) is 1.98. The van der Waals surface area contributed by atoms with Gasteiger partial charge in [-0.1, -0.05) is 17.7 Å². The lowest BCUT2D eigenvalue weighted by Gasteiger charge is -2.06. The molecular formula is C20H20N4O3S. The Labute approximate surface area is 166 Å². The van der Waals surface area contributed by atoms with Crippen LogP contribution in [-0.2, 0) is 11.2 Å². The van der Waals surface area contributed by atoms with Crippen molar-refractivity contribution >= 4 is 39.8 Å². The van der Waals surface area contributed by atoms with Gasteiger partial charge >= 0.3 is 6.03 Å². The van der Waals surface area contributed by atoms with Gasteiger partial charge in [-0.3, -0.25) is 10.1 Å². The molecule has 0 atom stereocenters. The molecule has 3 rings (SSSR count). The zero-order valence-corrected chi connectivity index (χ0v) is 16.3. The highest BCUT2D eigenvalue weighted by atomic mass is 32.1. The maximum atomic E-state index is 12.2. The summed E-state index contributed by atoms with van der Waals surface area (Å²) >= 11 is 1.26. The maximum absolute atomic E-state index is 12.2. The van der Waals surface area contributed by atoms with Gasteiger partial charge in [0.25, 0.3) is 0 Å². The number of nitrogens with zero attached hydrogens (tertiary/aromatic N) is 1. The molecule has 0 aliphatic heterocycles. The van der Waals surface area contributed by atoms with Crippen molar-refractivity contribution in [3.63, 3.8) is 0 Å². The highest BCUT2D eigenvalue weighted by molar-refractivity contribution is 7.14. The molecule has 0 spiro atoms. The quantitative estimate of drug-likeness (QED) is 0.580. The molecule has 8 heteroatoms. The number of amides is 3. The number of thiazole rings is 1. The van der Waals surface area contributed by atoms with Crippen LogP contribution in [0.25, 0.3) is 0 Å². The summed E-state index contributed by atoms with van der Waals surface area (Å²) in [5.74, 6) is 0.531. The predicted molar refractivity (Wildman–Crippen MR) is 111 cm³/mol. The van der Waals surface area contributed by atoms with Crippen molar-refractivity contribution in [1.82, 2.24) is 4.98 Å². The number of rotatable bonds is 6. The summed E-state index contributed by atoms with van der Waals surface area (Å²) in [4.78, 5) is 28.5. The Morgan fingerprint density at radius 2 is 1.61 bits per heavy atom. The third kappa shape index (κ3) is 5.55. The summed E-state index contributed by atoms with van der Waals surface area (Å²) in [7, 11) is 1.59. The van der Waals surface area contributed by atoms with Crippen LogP contribution in [0.15, 0.2) is 53.9 Å². The van der Waals surface area contributed by atoms with E-state index in [9.17, 15) is 9.59 Å². The van der Waals surface area contributed by atoms with Crippen molar-refractivity contribution < 1.29 is 14.3 Å². The van der Waals surface area contributed by atoms with E-state index in [2.05, 4.69) is 20.9 Å². The van der Waals surface area contributed by atoms with E-state index in [1.54, 1.807) is 36.8 Å². The summed E-state index contributed by atoms with van der Waals surface area (Å²) in [5, 5.41) is 10.4. The predicted octanol–water partition coefficient (Wildman–Crippen LogP) is 4.29. The van der Waals surface area contributed by atoms with E-state index in [0.717, 1.165) is 11.3 Å². The first-order valence-electron chi connectivity index (χ1n) is 8.55. The van der Waals surface area contributed by atoms with Crippen LogP contribution in [0.5, 0.6) is 5.75 Å². The van der Waals surface area contributed by atoms with Gasteiger partial charge < -0.3 is 15.4 Å². The molecule has 2 aromatic carbocycles. The molecule has 1 aromatic heterocycles. The van der Waals surface area contributed by atoms with E-state index < -0.39 is 0 Å². The van der Waals surface area contributed by atoms with Gasteiger partial charge in [-0.25, -0.2) is 9.78 Å². The molecule has 1 heterocycles. The van der Waals surface area contributed by atoms with E-state index in [-0.39, 0.29) is 18.4 Å². The average molecular weight is 396 g/mol. The minimum absolute atomic E-state index is 0.115. The first kappa shape index (κ1) is 19.4. The number of benzene rings is 2. The van der Waals surface area contributed by atoms with Crippen molar-refractivity contribution in [3.05, 3.63) is 65.2 Å². The minimum atomic E-state index is -0.382. The van der Waals surface area contributed by atoms with Gasteiger partial charge in [0.1, 0.15) is 5.75 Å². The highest BCUT2D eigenvalue weighted by Gasteiger charge is 2.10. The number of urea groups is 1. The molecule has 0 radical (unpaired) electrons. The van der Waals surface area contributed by atoms with Gasteiger partial charge in [0, 0.05) is 16.8 Å². The number of ether oxygens (including phenoxy) is 1. The van der Waals surface area contributed by atoms with Crippen molar-refractivity contribution in [2.45, 2.75) is 13.3 Å². The standard InChI is InChI=1S/C20H20N4O3S/c1-13-3-5-15(6-4-13)22-19(26)24-20-23-16(12-28-20)11-18(25)21-14-7-9-17(27-2)10-8-14/h3-10,12H,11H2,1-2H3,(H,21,25)(H2,22,23,24,26). The zero-order valence-electron chi connectivity index (χ0n) is 15.5. The van der Waals surface area contributed by atoms with E-state index in [0.29, 0.717) is 22.2 Å². The molecule has 144 valence electrons. The van der Waals surface area contributed by atoms with Gasteiger partial charge in [0.15, 0.2) is 5.13 Å². The Bertz CT molecular complexity index is 952. The highest BCUT2D eigenvalue weighted by Crippen LogP contribution is 2.18. The van der Waals surface area contributed by atoms with Crippen LogP contribution < -0.4 is 20.7 Å². The Hall–Kier alpha value is -3.39. The Morgan fingerprint density at radius 3 is 2.29 bits per heavy atom. The molecule has 0 bridgehead atoms. The lowest BCUT2D eigenvalue weighted by molar-refractivity contribution is -0.115. The van der Waals surface area contributed by atoms with Gasteiger partial charge in [-0.2, -0.15) is 0 Å². The largest absolute Gasteiger partial charge is 0.497 e. The molecule has 7 nitrogen and oxygen atoms in total. The van der Waals surface area contributed by atoms with Crippen LogP contribution in [0, 0.1) is 6.92 Å². The molecule has 3 amide bonds. The molecule has 3 N–H and O–H groups in total. The van der Waals surface area contributed by atoms with E-state index in [4.69, 9.17) is 4.74 Å². The topological polar surface area (TPSA) is 92.4 Å². The number of carbonyl (C=O) groups excluding carboxylic acids is 2. The fourth-order valence-corrected chi connectivity index (χ4v) is 3.09. The summed E-state index contributed by atoms with van der Waals surface area (Å²) in [5.41, 5.74) is 3.07. The van der Waals surface area contributed by atoms with Crippen molar-refractivity contribution in [3.8, 4) is 5.75 Å². The second-order valence-corrected chi connectivity index (χ2v) is 6.90. The lowest BCUT2D eigenvalue weighted by Crippen LogP contribution is -2.19. The van der Waals surface area contributed by atoms with Gasteiger partial charge in [-0.15, -0.1) is 11.3 Å². The molecule has 0 aliphatic carbocycles. The normalized spacial score (nSPS) is 10.2. The average Bonchev–Trinajstić information content (AvgIpc) is 3.10. The van der Waals surface area contributed by atoms with Crippen molar-refractivity contribution in [2.24, 2.45) is 0 Å². The van der Waals surface area contributed by atoms with Gasteiger partial charge in [0.05, 0.1) is 19.2 Å². The third-order valence-corrected chi connectivity index (χ3v) is 4.60. The molecule has 28 heavy (non-hydrogen) atoms. The fraction of sp³-hybridized carbons (Fsp3) is 0.150. The number of hydrogen-bond donors (Lipinski definition) is 3. The second kappa shape index (κ2) is 9.01. The number of aromatic nitrogens is 1. The summed E-state index contributed by atoms with van der Waals surface area (Å²) in [6, 6.07) is 14.2. The van der Waals surface area contributed by atoms with E-state index >= 15 is 0 Å². The van der Waals surface area contributed by atoms with Crippen LogP contribution in [0.3, 0.4) is 0 Å². The minimum Gasteiger partial charge on any atom is -0.497 e.